The van der Waals surface area contributed by atoms with Crippen LogP contribution < -0.4 is 10.5 Å². The normalized spacial score (nSPS) is 15.4. The highest BCUT2D eigenvalue weighted by Crippen LogP contribution is 2.36. The summed E-state index contributed by atoms with van der Waals surface area (Å²) in [6.07, 6.45) is 0.722. The second-order valence-corrected chi connectivity index (χ2v) is 9.79. The number of fused-ring (bicyclic) bond motifs is 5. The van der Waals surface area contributed by atoms with Gasteiger partial charge in [0, 0.05) is 35.5 Å². The largest absolute Gasteiger partial charge is 0.482 e. The third-order valence-electron chi connectivity index (χ3n) is 5.72. The number of ether oxygens (including phenoxy) is 2. The predicted molar refractivity (Wildman–Crippen MR) is 132 cm³/mol. The van der Waals surface area contributed by atoms with Crippen molar-refractivity contribution in [1.29, 1.82) is 5.26 Å². The van der Waals surface area contributed by atoms with Crippen molar-refractivity contribution in [2.45, 2.75) is 52.5 Å². The Morgan fingerprint density at radius 3 is 2.76 bits per heavy atom. The molecule has 11 heteroatoms. The van der Waals surface area contributed by atoms with Crippen LogP contribution in [0.5, 0.6) is 5.75 Å². The summed E-state index contributed by atoms with van der Waals surface area (Å²) < 4.78 is 26.8. The van der Waals surface area contributed by atoms with Crippen molar-refractivity contribution in [3.05, 3.63) is 58.8 Å². The number of amides is 1. The van der Waals surface area contributed by atoms with Crippen molar-refractivity contribution in [2.24, 2.45) is 0 Å². The van der Waals surface area contributed by atoms with Crippen LogP contribution in [0.3, 0.4) is 0 Å². The fraction of sp³-hybridized carbons (Fsp3) is 0.346. The van der Waals surface area contributed by atoms with Crippen LogP contribution in [0.1, 0.15) is 61.1 Å². The zero-order valence-electron chi connectivity index (χ0n) is 21.2. The summed E-state index contributed by atoms with van der Waals surface area (Å²) in [5.41, 5.74) is 7.22. The minimum Gasteiger partial charge on any atom is -0.482 e. The van der Waals surface area contributed by atoms with Gasteiger partial charge in [0.1, 0.15) is 35.8 Å². The van der Waals surface area contributed by atoms with E-state index in [1.165, 1.54) is 34.0 Å². The molecule has 1 aromatic carbocycles. The first-order chi connectivity index (χ1) is 17.4. The Balaban J connectivity index is 1.90. The average Bonchev–Trinajstić information content (AvgIpc) is 3.14. The molecule has 10 nitrogen and oxygen atoms in total. The Labute approximate surface area is 213 Å². The fourth-order valence-electron chi connectivity index (χ4n) is 4.16. The second kappa shape index (κ2) is 9.54. The zero-order valence-corrected chi connectivity index (χ0v) is 21.2. The number of halogens is 1. The van der Waals surface area contributed by atoms with Crippen LogP contribution in [-0.2, 0) is 22.6 Å². The first kappa shape index (κ1) is 25.6. The summed E-state index contributed by atoms with van der Waals surface area (Å²) >= 11 is 0. The van der Waals surface area contributed by atoms with Gasteiger partial charge in [-0.2, -0.15) is 10.4 Å². The van der Waals surface area contributed by atoms with Crippen LogP contribution in [0, 0.1) is 17.1 Å². The maximum atomic E-state index is 14.1. The summed E-state index contributed by atoms with van der Waals surface area (Å²) in [6.45, 7) is 6.58. The molecule has 4 rings (SSSR count). The maximum Gasteiger partial charge on any atom is 0.328 e. The number of hydrogen-bond donors (Lipinski definition) is 1. The second-order valence-electron chi connectivity index (χ2n) is 9.79. The number of pyridine rings is 1. The fourth-order valence-corrected chi connectivity index (χ4v) is 4.16. The molecule has 2 aromatic heterocycles. The van der Waals surface area contributed by atoms with Gasteiger partial charge in [0.25, 0.3) is 5.91 Å². The number of hydrogen-bond acceptors (Lipinski definition) is 8. The van der Waals surface area contributed by atoms with E-state index in [9.17, 15) is 19.2 Å². The first-order valence-corrected chi connectivity index (χ1v) is 11.6. The lowest BCUT2D eigenvalue weighted by atomic mass is 10.00. The van der Waals surface area contributed by atoms with E-state index in [-0.39, 0.29) is 35.9 Å². The van der Waals surface area contributed by atoms with Gasteiger partial charge in [0.05, 0.1) is 12.2 Å². The van der Waals surface area contributed by atoms with E-state index in [1.54, 1.807) is 40.8 Å². The quantitative estimate of drug-likeness (QED) is 0.521. The summed E-state index contributed by atoms with van der Waals surface area (Å²) in [4.78, 5) is 31.6. The van der Waals surface area contributed by atoms with Crippen LogP contribution >= 0.6 is 0 Å². The number of nitrogen functional groups attached to an aromatic ring is 1. The molecule has 0 saturated heterocycles. The van der Waals surface area contributed by atoms with Gasteiger partial charge in [0.2, 0.25) is 0 Å². The molecule has 2 N–H and O–H groups in total. The van der Waals surface area contributed by atoms with Crippen molar-refractivity contribution in [3.63, 3.8) is 0 Å². The lowest BCUT2D eigenvalue weighted by Crippen LogP contribution is -2.29. The molecule has 0 aliphatic carbocycles. The number of rotatable bonds is 2. The molecule has 0 saturated carbocycles. The standard InChI is InChI=1S/C26H27FN6O4/c1-14-18-9-16(27)6-7-17(18)25(35)32(5)12-19-23(15-8-21(36-14)24(29)30-11-15)20(10-28)33(31-19)13-22(34)37-26(2,3)4/h6-9,11,14H,12-13H2,1-5H3,(H2,29,30)/t14-/m1/s1. The highest BCUT2D eigenvalue weighted by Gasteiger charge is 2.28. The number of aromatic nitrogens is 3. The Hall–Kier alpha value is -4.46. The highest BCUT2D eigenvalue weighted by atomic mass is 19.1. The Bertz CT molecular complexity index is 1440. The van der Waals surface area contributed by atoms with Crippen molar-refractivity contribution >= 4 is 17.7 Å². The molecule has 0 spiro atoms. The maximum absolute atomic E-state index is 14.1. The van der Waals surface area contributed by atoms with E-state index in [0.717, 1.165) is 0 Å². The third kappa shape index (κ3) is 5.23. The lowest BCUT2D eigenvalue weighted by Gasteiger charge is -2.23. The van der Waals surface area contributed by atoms with Gasteiger partial charge in [-0.1, -0.05) is 0 Å². The van der Waals surface area contributed by atoms with Gasteiger partial charge in [-0.25, -0.2) is 14.1 Å². The lowest BCUT2D eigenvalue weighted by molar-refractivity contribution is -0.155. The van der Waals surface area contributed by atoms with Crippen molar-refractivity contribution < 1.29 is 23.5 Å². The molecule has 1 amide bonds. The van der Waals surface area contributed by atoms with E-state index < -0.39 is 29.4 Å². The van der Waals surface area contributed by atoms with Crippen molar-refractivity contribution in [3.8, 4) is 22.9 Å². The molecule has 0 radical (unpaired) electrons. The number of carbonyl (C=O) groups is 2. The first-order valence-electron chi connectivity index (χ1n) is 11.6. The Kier molecular flexibility index (Phi) is 6.61. The van der Waals surface area contributed by atoms with Gasteiger partial charge in [-0.3, -0.25) is 9.59 Å². The zero-order chi connectivity index (χ0) is 27.1. The van der Waals surface area contributed by atoms with Crippen molar-refractivity contribution in [2.75, 3.05) is 12.8 Å². The number of esters is 1. The molecule has 3 aromatic rings. The molecule has 1 aliphatic rings. The van der Waals surface area contributed by atoms with E-state index >= 15 is 0 Å². The highest BCUT2D eigenvalue weighted by molar-refractivity contribution is 5.96. The molecule has 0 unspecified atom stereocenters. The number of nitriles is 1. The number of anilines is 1. The van der Waals surface area contributed by atoms with Crippen LogP contribution in [0.15, 0.2) is 30.5 Å². The molecular formula is C26H27FN6O4. The summed E-state index contributed by atoms with van der Waals surface area (Å²) in [5.74, 6) is -1.21. The number of nitrogens with zero attached hydrogens (tertiary/aromatic N) is 5. The van der Waals surface area contributed by atoms with Crippen LogP contribution in [0.4, 0.5) is 10.2 Å². The van der Waals surface area contributed by atoms with Gasteiger partial charge < -0.3 is 20.1 Å². The molecule has 1 atom stereocenters. The minimum atomic E-state index is -0.744. The molecule has 3 heterocycles. The summed E-state index contributed by atoms with van der Waals surface area (Å²) in [6, 6.07) is 7.57. The Morgan fingerprint density at radius 1 is 1.35 bits per heavy atom. The minimum absolute atomic E-state index is 0.00404. The van der Waals surface area contributed by atoms with E-state index in [1.807, 2.05) is 0 Å². The topological polar surface area (TPSA) is 136 Å². The van der Waals surface area contributed by atoms with Gasteiger partial charge in [-0.05, 0) is 52.0 Å². The van der Waals surface area contributed by atoms with Gasteiger partial charge >= 0.3 is 5.97 Å². The number of nitrogens with two attached hydrogens (primary N) is 1. The van der Waals surface area contributed by atoms with E-state index in [2.05, 4.69) is 16.2 Å². The van der Waals surface area contributed by atoms with E-state index in [4.69, 9.17) is 15.2 Å². The monoisotopic (exact) mass is 506 g/mol. The molecule has 2 bridgehead atoms. The summed E-state index contributed by atoms with van der Waals surface area (Å²) in [5, 5.41) is 14.5. The average molecular weight is 507 g/mol. The third-order valence-corrected chi connectivity index (χ3v) is 5.72. The van der Waals surface area contributed by atoms with Gasteiger partial charge in [0.15, 0.2) is 11.6 Å². The van der Waals surface area contributed by atoms with E-state index in [0.29, 0.717) is 22.4 Å². The molecule has 192 valence electrons. The number of carbonyl (C=O) groups excluding carboxylic acids is 2. The van der Waals surface area contributed by atoms with Crippen molar-refractivity contribution in [1.82, 2.24) is 19.7 Å². The molecule has 37 heavy (non-hydrogen) atoms. The predicted octanol–water partition coefficient (Wildman–Crippen LogP) is 3.61. The summed E-state index contributed by atoms with van der Waals surface area (Å²) in [7, 11) is 1.57. The molecule has 1 aliphatic heterocycles. The van der Waals surface area contributed by atoms with Gasteiger partial charge in [-0.15, -0.1) is 0 Å². The number of benzene rings is 1. The van der Waals surface area contributed by atoms with Crippen LogP contribution in [0.25, 0.3) is 11.1 Å². The SMILES string of the molecule is C[C@H]1Oc2cc(cnc2N)-c2c(nn(CC(=O)OC(C)(C)C)c2C#N)CN(C)C(=O)c2ccc(F)cc21. The van der Waals surface area contributed by atoms with Crippen LogP contribution in [-0.4, -0.2) is 44.2 Å². The molecular weight excluding hydrogens is 479 g/mol. The van der Waals surface area contributed by atoms with Crippen LogP contribution in [0.2, 0.25) is 0 Å². The molecule has 0 fully saturated rings. The Morgan fingerprint density at radius 2 is 2.08 bits per heavy atom. The smallest absolute Gasteiger partial charge is 0.328 e.